The van der Waals surface area contributed by atoms with E-state index in [0.717, 1.165) is 37.6 Å². The Morgan fingerprint density at radius 1 is 1.30 bits per heavy atom. The van der Waals surface area contributed by atoms with Gasteiger partial charge in [0, 0.05) is 44.5 Å². The molecule has 0 bridgehead atoms. The molecule has 0 spiro atoms. The van der Waals surface area contributed by atoms with E-state index in [1.807, 2.05) is 26.1 Å². The number of β-amino-alcohol motifs (C(OH)–C–C–N with tert-alkyl or cyclic N) is 1. The van der Waals surface area contributed by atoms with E-state index < -0.39 is 0 Å². The number of pyridine rings is 1. The van der Waals surface area contributed by atoms with Crippen molar-refractivity contribution < 1.29 is 14.6 Å². The van der Waals surface area contributed by atoms with Gasteiger partial charge in [0.25, 0.3) is 5.88 Å². The lowest BCUT2D eigenvalue weighted by Gasteiger charge is -2.35. The van der Waals surface area contributed by atoms with Gasteiger partial charge in [0.2, 0.25) is 5.95 Å². The lowest BCUT2D eigenvalue weighted by Crippen LogP contribution is -2.50. The minimum Gasteiger partial charge on any atom is -0.488 e. The quantitative estimate of drug-likeness (QED) is 0.562. The molecule has 0 saturated carbocycles. The molecule has 1 aliphatic heterocycles. The average molecular weight is 374 g/mol. The van der Waals surface area contributed by atoms with Crippen LogP contribution in [0.25, 0.3) is 0 Å². The van der Waals surface area contributed by atoms with E-state index in [1.54, 1.807) is 13.3 Å². The maximum Gasteiger partial charge on any atom is 0.256 e. The molecule has 2 aromatic heterocycles. The highest BCUT2D eigenvalue weighted by atomic mass is 16.5. The van der Waals surface area contributed by atoms with Crippen LogP contribution in [0.5, 0.6) is 11.6 Å². The van der Waals surface area contributed by atoms with Gasteiger partial charge < -0.3 is 25.2 Å². The number of nitrogens with one attached hydrogen (secondary N) is 2. The predicted octanol–water partition coefficient (Wildman–Crippen LogP) is 1.42. The number of aromatic nitrogens is 3. The minimum absolute atomic E-state index is 0.176. The van der Waals surface area contributed by atoms with Crippen molar-refractivity contribution in [3.8, 4) is 11.6 Å². The van der Waals surface area contributed by atoms with E-state index in [0.29, 0.717) is 29.9 Å². The van der Waals surface area contributed by atoms with Crippen molar-refractivity contribution in [1.29, 1.82) is 0 Å². The summed E-state index contributed by atoms with van der Waals surface area (Å²) in [7, 11) is 3.37. The molecule has 1 aliphatic rings. The number of ether oxygens (including phenoxy) is 2. The van der Waals surface area contributed by atoms with E-state index in [4.69, 9.17) is 9.47 Å². The fraction of sp³-hybridized carbons (Fsp3) is 0.500. The Kier molecular flexibility index (Phi) is 6.25. The van der Waals surface area contributed by atoms with Crippen LogP contribution in [0.15, 0.2) is 18.3 Å². The second-order valence-corrected chi connectivity index (χ2v) is 6.44. The fourth-order valence-electron chi connectivity index (χ4n) is 2.83. The summed E-state index contributed by atoms with van der Waals surface area (Å²) in [4.78, 5) is 15.2. The van der Waals surface area contributed by atoms with Crippen molar-refractivity contribution >= 4 is 17.5 Å². The summed E-state index contributed by atoms with van der Waals surface area (Å²) >= 11 is 0. The number of anilines is 3. The van der Waals surface area contributed by atoms with Gasteiger partial charge >= 0.3 is 0 Å². The lowest BCUT2D eigenvalue weighted by atomic mass is 10.1. The Morgan fingerprint density at radius 2 is 2.11 bits per heavy atom. The normalized spacial score (nSPS) is 14.5. The molecule has 9 heteroatoms. The lowest BCUT2D eigenvalue weighted by molar-refractivity contribution is 0.00000969. The predicted molar refractivity (Wildman–Crippen MR) is 103 cm³/mol. The van der Waals surface area contributed by atoms with Crippen LogP contribution >= 0.6 is 0 Å². The number of methoxy groups -OCH3 is 1. The standard InChI is InChI=1S/C18H26N6O3/c1-12-7-16(19-2)23-18(21-12)22-13-8-15(17(26-3)20-9-13)27-6-4-5-24-10-14(25)11-24/h7-9,14,25H,4-6,10-11H2,1-3H3,(H2,19,21,22,23). The molecular weight excluding hydrogens is 348 g/mol. The zero-order chi connectivity index (χ0) is 19.2. The van der Waals surface area contributed by atoms with Crippen molar-refractivity contribution in [1.82, 2.24) is 19.9 Å². The summed E-state index contributed by atoms with van der Waals surface area (Å²) in [5.74, 6) is 2.21. The smallest absolute Gasteiger partial charge is 0.256 e. The van der Waals surface area contributed by atoms with E-state index >= 15 is 0 Å². The van der Waals surface area contributed by atoms with Crippen LogP contribution in [0, 0.1) is 6.92 Å². The molecule has 3 N–H and O–H groups in total. The molecule has 1 saturated heterocycles. The number of aliphatic hydroxyl groups is 1. The number of nitrogens with zero attached hydrogens (tertiary/aromatic N) is 4. The third-order valence-electron chi connectivity index (χ3n) is 4.19. The summed E-state index contributed by atoms with van der Waals surface area (Å²) in [6, 6.07) is 3.69. The van der Waals surface area contributed by atoms with Crippen LogP contribution in [-0.2, 0) is 0 Å². The summed E-state index contributed by atoms with van der Waals surface area (Å²) in [6.45, 7) is 4.84. The van der Waals surface area contributed by atoms with Crippen LogP contribution in [0.1, 0.15) is 12.1 Å². The second-order valence-electron chi connectivity index (χ2n) is 6.44. The first-order valence-corrected chi connectivity index (χ1v) is 8.95. The van der Waals surface area contributed by atoms with Crippen molar-refractivity contribution in [2.45, 2.75) is 19.4 Å². The SMILES string of the molecule is CNc1cc(C)nc(Nc2cnc(OC)c(OCCCN3CC(O)C3)c2)n1. The first kappa shape index (κ1) is 19.1. The van der Waals surface area contributed by atoms with E-state index in [-0.39, 0.29) is 6.10 Å². The molecule has 146 valence electrons. The third-order valence-corrected chi connectivity index (χ3v) is 4.19. The summed E-state index contributed by atoms with van der Waals surface area (Å²) in [5, 5.41) is 15.5. The molecular formula is C18H26N6O3. The summed E-state index contributed by atoms with van der Waals surface area (Å²) < 4.78 is 11.1. The van der Waals surface area contributed by atoms with Gasteiger partial charge in [0.05, 0.1) is 31.7 Å². The van der Waals surface area contributed by atoms with Crippen molar-refractivity contribution in [2.75, 3.05) is 51.0 Å². The molecule has 0 atom stereocenters. The topological polar surface area (TPSA) is 105 Å². The van der Waals surface area contributed by atoms with Crippen molar-refractivity contribution in [2.24, 2.45) is 0 Å². The summed E-state index contributed by atoms with van der Waals surface area (Å²) in [6.07, 6.45) is 2.34. The molecule has 9 nitrogen and oxygen atoms in total. The Hall–Kier alpha value is -2.65. The summed E-state index contributed by atoms with van der Waals surface area (Å²) in [5.41, 5.74) is 1.57. The van der Waals surface area contributed by atoms with Crippen molar-refractivity contribution in [3.05, 3.63) is 24.0 Å². The molecule has 0 amide bonds. The molecule has 0 unspecified atom stereocenters. The first-order valence-electron chi connectivity index (χ1n) is 8.95. The molecule has 3 heterocycles. The average Bonchev–Trinajstić information content (AvgIpc) is 2.63. The van der Waals surface area contributed by atoms with Crippen molar-refractivity contribution in [3.63, 3.8) is 0 Å². The zero-order valence-corrected chi connectivity index (χ0v) is 15.9. The van der Waals surface area contributed by atoms with Gasteiger partial charge in [-0.25, -0.2) is 9.97 Å². The number of hydrogen-bond acceptors (Lipinski definition) is 9. The zero-order valence-electron chi connectivity index (χ0n) is 15.9. The van der Waals surface area contributed by atoms with Gasteiger partial charge in [0.15, 0.2) is 5.75 Å². The number of aryl methyl sites for hydroxylation is 1. The Bertz CT molecular complexity index is 767. The second kappa shape index (κ2) is 8.83. The highest BCUT2D eigenvalue weighted by Crippen LogP contribution is 2.28. The maximum absolute atomic E-state index is 9.30. The van der Waals surface area contributed by atoms with Crippen LogP contribution in [-0.4, -0.2) is 71.5 Å². The largest absolute Gasteiger partial charge is 0.488 e. The molecule has 2 aromatic rings. The van der Waals surface area contributed by atoms with Gasteiger partial charge in [-0.1, -0.05) is 0 Å². The van der Waals surface area contributed by atoms with Crippen LogP contribution < -0.4 is 20.1 Å². The third kappa shape index (κ3) is 5.18. The van der Waals surface area contributed by atoms with Crippen LogP contribution in [0.3, 0.4) is 0 Å². The Balaban J connectivity index is 1.61. The van der Waals surface area contributed by atoms with Gasteiger partial charge in [-0.2, -0.15) is 4.98 Å². The highest BCUT2D eigenvalue weighted by molar-refractivity contribution is 5.58. The van der Waals surface area contributed by atoms with Crippen LogP contribution in [0.2, 0.25) is 0 Å². The van der Waals surface area contributed by atoms with Gasteiger partial charge in [-0.3, -0.25) is 4.90 Å². The molecule has 0 aromatic carbocycles. The Morgan fingerprint density at radius 3 is 2.81 bits per heavy atom. The number of hydrogen-bond donors (Lipinski definition) is 3. The molecule has 27 heavy (non-hydrogen) atoms. The highest BCUT2D eigenvalue weighted by Gasteiger charge is 2.23. The number of rotatable bonds is 9. The van der Waals surface area contributed by atoms with Crippen LogP contribution in [0.4, 0.5) is 17.5 Å². The van der Waals surface area contributed by atoms with E-state index in [9.17, 15) is 5.11 Å². The fourth-order valence-corrected chi connectivity index (χ4v) is 2.83. The van der Waals surface area contributed by atoms with Gasteiger partial charge in [0.1, 0.15) is 5.82 Å². The monoisotopic (exact) mass is 374 g/mol. The molecule has 3 rings (SSSR count). The number of likely N-dealkylation sites (tertiary alicyclic amines) is 1. The molecule has 1 fully saturated rings. The molecule has 0 radical (unpaired) electrons. The van der Waals surface area contributed by atoms with E-state index in [1.165, 1.54) is 0 Å². The first-order chi connectivity index (χ1) is 13.1. The van der Waals surface area contributed by atoms with Gasteiger partial charge in [-0.05, 0) is 13.3 Å². The van der Waals surface area contributed by atoms with Gasteiger partial charge in [-0.15, -0.1) is 0 Å². The minimum atomic E-state index is -0.176. The maximum atomic E-state index is 9.30. The Labute approximate surface area is 158 Å². The molecule has 0 aliphatic carbocycles. The van der Waals surface area contributed by atoms with E-state index in [2.05, 4.69) is 30.5 Å². The number of aliphatic hydroxyl groups excluding tert-OH is 1.